The summed E-state index contributed by atoms with van der Waals surface area (Å²) in [5, 5.41) is 5.73. The van der Waals surface area contributed by atoms with Crippen molar-refractivity contribution in [3.05, 3.63) is 48.2 Å². The molecule has 1 fully saturated rings. The molecular formula is C21H28N4O3. The molecule has 2 heterocycles. The molecule has 0 bridgehead atoms. The van der Waals surface area contributed by atoms with Crippen LogP contribution in [0.3, 0.4) is 0 Å². The zero-order valence-corrected chi connectivity index (χ0v) is 16.3. The number of benzene rings is 1. The summed E-state index contributed by atoms with van der Waals surface area (Å²) in [6, 6.07) is 11.0. The highest BCUT2D eigenvalue weighted by Crippen LogP contribution is 2.19. The van der Waals surface area contributed by atoms with Gasteiger partial charge in [0, 0.05) is 44.7 Å². The van der Waals surface area contributed by atoms with E-state index in [9.17, 15) is 4.79 Å². The second-order valence-corrected chi connectivity index (χ2v) is 6.75. The van der Waals surface area contributed by atoms with Gasteiger partial charge in [-0.1, -0.05) is 6.07 Å². The summed E-state index contributed by atoms with van der Waals surface area (Å²) < 4.78 is 10.5. The summed E-state index contributed by atoms with van der Waals surface area (Å²) >= 11 is 0. The van der Waals surface area contributed by atoms with E-state index in [1.54, 1.807) is 19.4 Å². The number of nitrogens with one attached hydrogen (secondary N) is 2. The molecule has 2 amide bonds. The molecule has 0 aliphatic carbocycles. The summed E-state index contributed by atoms with van der Waals surface area (Å²) in [5.74, 6) is 1.68. The summed E-state index contributed by atoms with van der Waals surface area (Å²) in [6.07, 6.45) is 5.51. The third kappa shape index (κ3) is 6.13. The monoisotopic (exact) mass is 384 g/mol. The van der Waals surface area contributed by atoms with Gasteiger partial charge >= 0.3 is 6.03 Å². The number of anilines is 2. The molecule has 7 heteroatoms. The van der Waals surface area contributed by atoms with E-state index < -0.39 is 0 Å². The van der Waals surface area contributed by atoms with Crippen LogP contribution in [-0.2, 0) is 11.3 Å². The Hall–Kier alpha value is -2.80. The Kier molecular flexibility index (Phi) is 7.49. The lowest BCUT2D eigenvalue weighted by molar-refractivity contribution is 0.146. The minimum absolute atomic E-state index is 0.259. The maximum atomic E-state index is 12.2. The average Bonchev–Trinajstić information content (AvgIpc) is 2.74. The van der Waals surface area contributed by atoms with Crippen molar-refractivity contribution in [2.24, 2.45) is 0 Å². The van der Waals surface area contributed by atoms with Crippen molar-refractivity contribution < 1.29 is 14.3 Å². The summed E-state index contributed by atoms with van der Waals surface area (Å²) in [6.45, 7) is 3.52. The molecule has 2 N–H and O–H groups in total. The van der Waals surface area contributed by atoms with Gasteiger partial charge in [-0.05, 0) is 49.1 Å². The lowest BCUT2D eigenvalue weighted by Gasteiger charge is -2.27. The van der Waals surface area contributed by atoms with Gasteiger partial charge in [-0.3, -0.25) is 0 Å². The van der Waals surface area contributed by atoms with Gasteiger partial charge < -0.3 is 25.0 Å². The second-order valence-electron chi connectivity index (χ2n) is 6.75. The number of aromatic nitrogens is 1. The van der Waals surface area contributed by atoms with Gasteiger partial charge in [-0.15, -0.1) is 0 Å². The van der Waals surface area contributed by atoms with Crippen LogP contribution in [0.5, 0.6) is 5.75 Å². The van der Waals surface area contributed by atoms with Crippen molar-refractivity contribution in [3.8, 4) is 5.75 Å². The van der Waals surface area contributed by atoms with Crippen LogP contribution in [0.1, 0.15) is 24.8 Å². The molecule has 1 aromatic heterocycles. The van der Waals surface area contributed by atoms with Gasteiger partial charge in [0.05, 0.1) is 6.61 Å². The molecule has 2 aromatic rings. The van der Waals surface area contributed by atoms with Gasteiger partial charge in [-0.25, -0.2) is 9.78 Å². The van der Waals surface area contributed by atoms with Crippen LogP contribution in [0.2, 0.25) is 0 Å². The fraction of sp³-hybridized carbons (Fsp3) is 0.429. The standard InChI is InChI=1S/C21H28N4O3/c1-27-12-13-28-19-7-5-6-18(15-19)24-21(26)23-16-17-8-9-22-20(14-17)25-10-3-2-4-11-25/h5-9,14-15H,2-4,10-13,16H2,1H3,(H2,23,24,26). The fourth-order valence-electron chi connectivity index (χ4n) is 3.13. The topological polar surface area (TPSA) is 75.7 Å². The highest BCUT2D eigenvalue weighted by Gasteiger charge is 2.12. The van der Waals surface area contributed by atoms with E-state index in [-0.39, 0.29) is 6.03 Å². The number of carbonyl (C=O) groups is 1. The van der Waals surface area contributed by atoms with Gasteiger partial charge in [-0.2, -0.15) is 0 Å². The predicted octanol–water partition coefficient (Wildman–Crippen LogP) is 3.42. The van der Waals surface area contributed by atoms with Crippen molar-refractivity contribution in [1.29, 1.82) is 0 Å². The van der Waals surface area contributed by atoms with Crippen molar-refractivity contribution in [3.63, 3.8) is 0 Å². The minimum Gasteiger partial charge on any atom is -0.491 e. The second kappa shape index (κ2) is 10.5. The smallest absolute Gasteiger partial charge is 0.319 e. The molecule has 0 atom stereocenters. The molecular weight excluding hydrogens is 356 g/mol. The van der Waals surface area contributed by atoms with Gasteiger partial charge in [0.1, 0.15) is 18.2 Å². The van der Waals surface area contributed by atoms with Crippen LogP contribution in [0.25, 0.3) is 0 Å². The van der Waals surface area contributed by atoms with E-state index >= 15 is 0 Å². The normalized spacial score (nSPS) is 13.8. The third-order valence-electron chi connectivity index (χ3n) is 4.59. The Morgan fingerprint density at radius 1 is 1.14 bits per heavy atom. The fourth-order valence-corrected chi connectivity index (χ4v) is 3.13. The highest BCUT2D eigenvalue weighted by molar-refractivity contribution is 5.89. The Morgan fingerprint density at radius 2 is 2.00 bits per heavy atom. The molecule has 1 aromatic carbocycles. The quantitative estimate of drug-likeness (QED) is 0.682. The van der Waals surface area contributed by atoms with E-state index in [0.717, 1.165) is 24.5 Å². The number of rotatable bonds is 8. The van der Waals surface area contributed by atoms with E-state index in [0.29, 0.717) is 31.2 Å². The van der Waals surface area contributed by atoms with E-state index in [1.165, 1.54) is 19.3 Å². The van der Waals surface area contributed by atoms with Crippen molar-refractivity contribution >= 4 is 17.5 Å². The van der Waals surface area contributed by atoms with Crippen LogP contribution in [0.4, 0.5) is 16.3 Å². The van der Waals surface area contributed by atoms with E-state index in [4.69, 9.17) is 9.47 Å². The van der Waals surface area contributed by atoms with Crippen LogP contribution >= 0.6 is 0 Å². The van der Waals surface area contributed by atoms with Crippen LogP contribution in [0.15, 0.2) is 42.6 Å². The largest absolute Gasteiger partial charge is 0.491 e. The molecule has 3 rings (SSSR count). The molecule has 0 spiro atoms. The lowest BCUT2D eigenvalue weighted by atomic mass is 10.1. The summed E-state index contributed by atoms with van der Waals surface area (Å²) in [7, 11) is 1.63. The summed E-state index contributed by atoms with van der Waals surface area (Å²) in [5.41, 5.74) is 1.71. The lowest BCUT2D eigenvalue weighted by Crippen LogP contribution is -2.31. The maximum Gasteiger partial charge on any atom is 0.319 e. The Morgan fingerprint density at radius 3 is 2.82 bits per heavy atom. The van der Waals surface area contributed by atoms with Gasteiger partial charge in [0.2, 0.25) is 0 Å². The number of ether oxygens (including phenoxy) is 2. The first-order valence-electron chi connectivity index (χ1n) is 9.71. The van der Waals surface area contributed by atoms with Crippen LogP contribution in [-0.4, -0.2) is 44.4 Å². The van der Waals surface area contributed by atoms with E-state index in [1.807, 2.05) is 24.3 Å². The number of hydrogen-bond acceptors (Lipinski definition) is 5. The van der Waals surface area contributed by atoms with Gasteiger partial charge in [0.15, 0.2) is 0 Å². The van der Waals surface area contributed by atoms with Crippen molar-refractivity contribution in [1.82, 2.24) is 10.3 Å². The SMILES string of the molecule is COCCOc1cccc(NC(=O)NCc2ccnc(N3CCCCC3)c2)c1. The predicted molar refractivity (Wildman–Crippen MR) is 110 cm³/mol. The van der Waals surface area contributed by atoms with Crippen molar-refractivity contribution in [2.75, 3.05) is 43.6 Å². The highest BCUT2D eigenvalue weighted by atomic mass is 16.5. The van der Waals surface area contributed by atoms with Crippen LogP contribution < -0.4 is 20.3 Å². The van der Waals surface area contributed by atoms with Crippen LogP contribution in [0, 0.1) is 0 Å². The Bertz CT molecular complexity index is 763. The molecule has 28 heavy (non-hydrogen) atoms. The summed E-state index contributed by atoms with van der Waals surface area (Å²) in [4.78, 5) is 19.0. The number of pyridine rings is 1. The zero-order valence-electron chi connectivity index (χ0n) is 16.3. The zero-order chi connectivity index (χ0) is 19.6. The third-order valence-corrected chi connectivity index (χ3v) is 4.59. The number of hydrogen-bond donors (Lipinski definition) is 2. The molecule has 7 nitrogen and oxygen atoms in total. The minimum atomic E-state index is -0.259. The molecule has 1 aliphatic rings. The number of methoxy groups -OCH3 is 1. The Labute approximate surface area is 166 Å². The molecule has 1 saturated heterocycles. The number of piperidine rings is 1. The number of nitrogens with zero attached hydrogens (tertiary/aromatic N) is 2. The molecule has 0 saturated carbocycles. The number of amides is 2. The Balaban J connectivity index is 1.49. The number of urea groups is 1. The maximum absolute atomic E-state index is 12.2. The first-order valence-corrected chi connectivity index (χ1v) is 9.71. The molecule has 150 valence electrons. The molecule has 0 radical (unpaired) electrons. The van der Waals surface area contributed by atoms with E-state index in [2.05, 4.69) is 26.6 Å². The number of carbonyl (C=O) groups excluding carboxylic acids is 1. The average molecular weight is 384 g/mol. The molecule has 0 unspecified atom stereocenters. The first-order chi connectivity index (χ1) is 13.7. The van der Waals surface area contributed by atoms with Gasteiger partial charge in [0.25, 0.3) is 0 Å². The van der Waals surface area contributed by atoms with Crippen molar-refractivity contribution in [2.45, 2.75) is 25.8 Å². The molecule has 1 aliphatic heterocycles. The first kappa shape index (κ1) is 19.9.